The van der Waals surface area contributed by atoms with E-state index < -0.39 is 0 Å². The van der Waals surface area contributed by atoms with Gasteiger partial charge in [-0.05, 0) is 23.8 Å². The Morgan fingerprint density at radius 3 is 3.06 bits per heavy atom. The molecular formula is C11H8FN3S. The second-order valence-electron chi connectivity index (χ2n) is 3.10. The van der Waals surface area contributed by atoms with Crippen LogP contribution < -0.4 is 0 Å². The van der Waals surface area contributed by atoms with Gasteiger partial charge in [0, 0.05) is 18.1 Å². The molecule has 5 heteroatoms. The first-order chi connectivity index (χ1) is 7.79. The molecule has 0 unspecified atom stereocenters. The van der Waals surface area contributed by atoms with Crippen LogP contribution in [0.2, 0.25) is 0 Å². The molecular weight excluding hydrogens is 225 g/mol. The number of rotatable bonds is 3. The van der Waals surface area contributed by atoms with E-state index in [2.05, 4.69) is 9.97 Å². The van der Waals surface area contributed by atoms with Gasteiger partial charge in [0.15, 0.2) is 5.16 Å². The molecule has 1 aromatic heterocycles. The van der Waals surface area contributed by atoms with Crippen molar-refractivity contribution in [1.29, 1.82) is 5.26 Å². The van der Waals surface area contributed by atoms with Crippen molar-refractivity contribution in [1.82, 2.24) is 9.97 Å². The fourth-order valence-corrected chi connectivity index (χ4v) is 2.03. The number of hydrogen-bond acceptors (Lipinski definition) is 3. The molecule has 1 N–H and O–H groups in total. The van der Waals surface area contributed by atoms with Crippen LogP contribution in [0.1, 0.15) is 11.1 Å². The van der Waals surface area contributed by atoms with Crippen LogP contribution in [0.4, 0.5) is 4.39 Å². The van der Waals surface area contributed by atoms with Crippen molar-refractivity contribution in [2.24, 2.45) is 0 Å². The molecule has 0 saturated carbocycles. The van der Waals surface area contributed by atoms with Crippen molar-refractivity contribution in [3.8, 4) is 6.07 Å². The highest BCUT2D eigenvalue weighted by Crippen LogP contribution is 2.21. The largest absolute Gasteiger partial charge is 0.340 e. The fourth-order valence-electron chi connectivity index (χ4n) is 1.23. The smallest absolute Gasteiger partial charge is 0.165 e. The number of aromatic nitrogens is 2. The summed E-state index contributed by atoms with van der Waals surface area (Å²) in [5, 5.41) is 9.45. The van der Waals surface area contributed by atoms with Gasteiger partial charge in [-0.15, -0.1) is 0 Å². The molecule has 0 fully saturated rings. The molecule has 16 heavy (non-hydrogen) atoms. The summed E-state index contributed by atoms with van der Waals surface area (Å²) in [6.07, 6.45) is 3.36. The zero-order valence-electron chi connectivity index (χ0n) is 8.27. The van der Waals surface area contributed by atoms with Crippen LogP contribution in [0.5, 0.6) is 0 Å². The third-order valence-corrected chi connectivity index (χ3v) is 2.96. The van der Waals surface area contributed by atoms with Crippen molar-refractivity contribution in [2.45, 2.75) is 10.9 Å². The Hall–Kier alpha value is -1.80. The van der Waals surface area contributed by atoms with E-state index in [1.807, 2.05) is 6.07 Å². The number of nitrogens with one attached hydrogen (secondary N) is 1. The molecule has 0 aliphatic carbocycles. The number of imidazole rings is 1. The average Bonchev–Trinajstić information content (AvgIpc) is 2.81. The maximum absolute atomic E-state index is 13.4. The quantitative estimate of drug-likeness (QED) is 0.829. The predicted octanol–water partition coefficient (Wildman–Crippen LogP) is 2.71. The van der Waals surface area contributed by atoms with Gasteiger partial charge in [-0.2, -0.15) is 5.26 Å². The predicted molar refractivity (Wildman–Crippen MR) is 59.3 cm³/mol. The maximum atomic E-state index is 13.4. The Kier molecular flexibility index (Phi) is 3.22. The standard InChI is InChI=1S/C11H8FN3S/c12-10-2-1-8(6-13)5-9(10)7-16-11-14-3-4-15-11/h1-5H,7H2,(H,14,15). The van der Waals surface area contributed by atoms with E-state index in [0.29, 0.717) is 16.9 Å². The molecule has 2 rings (SSSR count). The number of hydrogen-bond donors (Lipinski definition) is 1. The van der Waals surface area contributed by atoms with E-state index in [1.165, 1.54) is 23.9 Å². The van der Waals surface area contributed by atoms with Crippen LogP contribution in [0.15, 0.2) is 35.7 Å². The monoisotopic (exact) mass is 233 g/mol. The summed E-state index contributed by atoms with van der Waals surface area (Å²) in [7, 11) is 0. The number of thioether (sulfide) groups is 1. The first-order valence-electron chi connectivity index (χ1n) is 4.60. The molecule has 0 spiro atoms. The number of nitrogens with zero attached hydrogens (tertiary/aromatic N) is 2. The van der Waals surface area contributed by atoms with E-state index in [1.54, 1.807) is 18.5 Å². The Morgan fingerprint density at radius 2 is 2.38 bits per heavy atom. The van der Waals surface area contributed by atoms with Crippen molar-refractivity contribution in [2.75, 3.05) is 0 Å². The van der Waals surface area contributed by atoms with E-state index in [4.69, 9.17) is 5.26 Å². The summed E-state index contributed by atoms with van der Waals surface area (Å²) in [5.41, 5.74) is 0.983. The third kappa shape index (κ3) is 2.41. The van der Waals surface area contributed by atoms with Gasteiger partial charge in [-0.25, -0.2) is 9.37 Å². The lowest BCUT2D eigenvalue weighted by Crippen LogP contribution is -1.89. The first kappa shape index (κ1) is 10.7. The highest BCUT2D eigenvalue weighted by molar-refractivity contribution is 7.98. The minimum absolute atomic E-state index is 0.293. The molecule has 1 heterocycles. The Balaban J connectivity index is 2.12. The van der Waals surface area contributed by atoms with Gasteiger partial charge in [0.05, 0.1) is 11.6 Å². The van der Waals surface area contributed by atoms with Crippen LogP contribution in [0.25, 0.3) is 0 Å². The van der Waals surface area contributed by atoms with Gasteiger partial charge < -0.3 is 4.98 Å². The van der Waals surface area contributed by atoms with Crippen molar-refractivity contribution < 1.29 is 4.39 Å². The number of aromatic amines is 1. The summed E-state index contributed by atoms with van der Waals surface area (Å²) in [5.74, 6) is 0.160. The van der Waals surface area contributed by atoms with Gasteiger partial charge in [0.25, 0.3) is 0 Å². The van der Waals surface area contributed by atoms with Gasteiger partial charge in [0.2, 0.25) is 0 Å². The summed E-state index contributed by atoms with van der Waals surface area (Å²) in [6.45, 7) is 0. The Bertz CT molecular complexity index is 517. The van der Waals surface area contributed by atoms with Crippen LogP contribution in [0, 0.1) is 17.1 Å². The van der Waals surface area contributed by atoms with Crippen LogP contribution >= 0.6 is 11.8 Å². The van der Waals surface area contributed by atoms with E-state index in [-0.39, 0.29) is 5.82 Å². The topological polar surface area (TPSA) is 52.5 Å². The molecule has 0 radical (unpaired) electrons. The molecule has 0 bridgehead atoms. The fraction of sp³-hybridized carbons (Fsp3) is 0.0909. The third-order valence-electron chi connectivity index (χ3n) is 2.01. The van der Waals surface area contributed by atoms with Crippen molar-refractivity contribution in [3.05, 3.63) is 47.5 Å². The molecule has 1 aromatic carbocycles. The molecule has 2 aromatic rings. The summed E-state index contributed by atoms with van der Waals surface area (Å²) < 4.78 is 13.4. The van der Waals surface area contributed by atoms with E-state index >= 15 is 0 Å². The van der Waals surface area contributed by atoms with Crippen molar-refractivity contribution >= 4 is 11.8 Å². The maximum Gasteiger partial charge on any atom is 0.165 e. The molecule has 0 aliphatic heterocycles. The summed E-state index contributed by atoms with van der Waals surface area (Å²) >= 11 is 1.40. The van der Waals surface area contributed by atoms with Gasteiger partial charge >= 0.3 is 0 Å². The molecule has 0 saturated heterocycles. The second kappa shape index (κ2) is 4.81. The summed E-state index contributed by atoms with van der Waals surface area (Å²) in [6, 6.07) is 6.33. The van der Waals surface area contributed by atoms with Crippen molar-refractivity contribution in [3.63, 3.8) is 0 Å². The number of halogens is 1. The Labute approximate surface area is 96.3 Å². The SMILES string of the molecule is N#Cc1ccc(F)c(CSc2ncc[nH]2)c1. The highest BCUT2D eigenvalue weighted by atomic mass is 32.2. The molecule has 0 aliphatic rings. The second-order valence-corrected chi connectivity index (χ2v) is 4.07. The van der Waals surface area contributed by atoms with Crippen LogP contribution in [0.3, 0.4) is 0 Å². The van der Waals surface area contributed by atoms with Crippen LogP contribution in [-0.4, -0.2) is 9.97 Å². The zero-order valence-corrected chi connectivity index (χ0v) is 9.09. The molecule has 0 amide bonds. The van der Waals surface area contributed by atoms with Crippen LogP contribution in [-0.2, 0) is 5.75 Å². The molecule has 0 atom stereocenters. The normalized spacial score (nSPS) is 10.0. The van der Waals surface area contributed by atoms with Gasteiger partial charge in [-0.3, -0.25) is 0 Å². The lowest BCUT2D eigenvalue weighted by Gasteiger charge is -2.01. The van der Waals surface area contributed by atoms with E-state index in [9.17, 15) is 4.39 Å². The van der Waals surface area contributed by atoms with Gasteiger partial charge in [-0.1, -0.05) is 11.8 Å². The lowest BCUT2D eigenvalue weighted by molar-refractivity contribution is 0.617. The average molecular weight is 233 g/mol. The van der Waals surface area contributed by atoms with Gasteiger partial charge in [0.1, 0.15) is 5.82 Å². The first-order valence-corrected chi connectivity index (χ1v) is 5.59. The minimum Gasteiger partial charge on any atom is -0.340 e. The highest BCUT2D eigenvalue weighted by Gasteiger charge is 2.05. The zero-order chi connectivity index (χ0) is 11.4. The number of nitriles is 1. The summed E-state index contributed by atoms with van der Waals surface area (Å²) in [4.78, 5) is 6.94. The minimum atomic E-state index is -0.293. The lowest BCUT2D eigenvalue weighted by atomic mass is 10.1. The molecule has 3 nitrogen and oxygen atoms in total. The number of H-pyrrole nitrogens is 1. The Morgan fingerprint density at radius 1 is 1.50 bits per heavy atom. The molecule has 80 valence electrons. The van der Waals surface area contributed by atoms with E-state index in [0.717, 1.165) is 5.16 Å². The number of benzene rings is 1.